The summed E-state index contributed by atoms with van der Waals surface area (Å²) in [5.74, 6) is -0.140. The summed E-state index contributed by atoms with van der Waals surface area (Å²) in [6.07, 6.45) is 0.867. The molecule has 1 aromatic heterocycles. The van der Waals surface area contributed by atoms with Gasteiger partial charge in [0, 0.05) is 16.6 Å². The fourth-order valence-electron chi connectivity index (χ4n) is 2.47. The van der Waals surface area contributed by atoms with E-state index in [4.69, 9.17) is 11.6 Å². The Morgan fingerprint density at radius 1 is 1.16 bits per heavy atom. The molecule has 5 heteroatoms. The summed E-state index contributed by atoms with van der Waals surface area (Å²) < 4.78 is 1.66. The Morgan fingerprint density at radius 3 is 2.48 bits per heavy atom. The minimum absolute atomic E-state index is 0.0984. The summed E-state index contributed by atoms with van der Waals surface area (Å²) in [6.45, 7) is 4.02. The number of nitrogens with one attached hydrogen (secondary N) is 1. The van der Waals surface area contributed by atoms with Crippen LogP contribution >= 0.6 is 11.6 Å². The van der Waals surface area contributed by atoms with Crippen LogP contribution in [0.2, 0.25) is 5.02 Å². The van der Waals surface area contributed by atoms with Crippen LogP contribution in [0.1, 0.15) is 30.8 Å². The number of hydrogen-bond donors (Lipinski definition) is 1. The van der Waals surface area contributed by atoms with Crippen LogP contribution in [0.15, 0.2) is 60.7 Å². The van der Waals surface area contributed by atoms with Crippen LogP contribution in [0.3, 0.4) is 0 Å². The molecule has 0 saturated heterocycles. The van der Waals surface area contributed by atoms with Crippen LogP contribution in [0.25, 0.3) is 16.9 Å². The molecule has 1 amide bonds. The van der Waals surface area contributed by atoms with Gasteiger partial charge in [0.25, 0.3) is 5.91 Å². The van der Waals surface area contributed by atoms with Crippen molar-refractivity contribution in [3.63, 3.8) is 0 Å². The molecule has 1 N–H and O–H groups in total. The zero-order valence-corrected chi connectivity index (χ0v) is 15.0. The average molecular weight is 354 g/mol. The lowest BCUT2D eigenvalue weighted by atomic mass is 10.1. The molecule has 2 aromatic carbocycles. The van der Waals surface area contributed by atoms with Crippen molar-refractivity contribution in [3.8, 4) is 16.9 Å². The SMILES string of the molecule is CCC(C)NC(=O)c1cc(-c2ccccc2)nn1-c1ccc(Cl)cc1. The summed E-state index contributed by atoms with van der Waals surface area (Å²) in [6, 6.07) is 19.0. The van der Waals surface area contributed by atoms with Gasteiger partial charge in [-0.15, -0.1) is 0 Å². The number of aromatic nitrogens is 2. The molecule has 0 bridgehead atoms. The summed E-state index contributed by atoms with van der Waals surface area (Å²) in [5, 5.41) is 8.30. The average Bonchev–Trinajstić information content (AvgIpc) is 3.08. The van der Waals surface area contributed by atoms with Crippen molar-refractivity contribution in [3.05, 3.63) is 71.4 Å². The van der Waals surface area contributed by atoms with E-state index in [1.165, 1.54) is 0 Å². The van der Waals surface area contributed by atoms with Gasteiger partial charge < -0.3 is 5.32 Å². The van der Waals surface area contributed by atoms with Gasteiger partial charge in [0.2, 0.25) is 0 Å². The highest BCUT2D eigenvalue weighted by Gasteiger charge is 2.18. The van der Waals surface area contributed by atoms with Crippen molar-refractivity contribution in [2.75, 3.05) is 0 Å². The number of rotatable bonds is 5. The molecule has 0 aliphatic heterocycles. The van der Waals surface area contributed by atoms with Gasteiger partial charge in [-0.25, -0.2) is 4.68 Å². The van der Waals surface area contributed by atoms with Gasteiger partial charge >= 0.3 is 0 Å². The minimum atomic E-state index is -0.140. The number of carbonyl (C=O) groups is 1. The highest BCUT2D eigenvalue weighted by Crippen LogP contribution is 2.22. The van der Waals surface area contributed by atoms with E-state index in [0.717, 1.165) is 23.4 Å². The standard InChI is InChI=1S/C20H20ClN3O/c1-3-14(2)22-20(25)19-13-18(15-7-5-4-6-8-15)23-24(19)17-11-9-16(21)10-12-17/h4-14H,3H2,1-2H3,(H,22,25). The number of nitrogens with zero attached hydrogens (tertiary/aromatic N) is 2. The quantitative estimate of drug-likeness (QED) is 0.721. The van der Waals surface area contributed by atoms with E-state index in [2.05, 4.69) is 10.4 Å². The lowest BCUT2D eigenvalue weighted by molar-refractivity contribution is 0.0931. The molecule has 0 saturated carbocycles. The van der Waals surface area contributed by atoms with Gasteiger partial charge in [-0.2, -0.15) is 5.10 Å². The summed E-state index contributed by atoms with van der Waals surface area (Å²) in [5.41, 5.74) is 3.01. The minimum Gasteiger partial charge on any atom is -0.348 e. The molecule has 1 heterocycles. The third-order valence-corrected chi connectivity index (χ3v) is 4.32. The van der Waals surface area contributed by atoms with Gasteiger partial charge in [0.05, 0.1) is 11.4 Å². The van der Waals surface area contributed by atoms with Gasteiger partial charge in [0.15, 0.2) is 0 Å². The largest absolute Gasteiger partial charge is 0.348 e. The number of hydrogen-bond acceptors (Lipinski definition) is 2. The van der Waals surface area contributed by atoms with Crippen molar-refractivity contribution in [1.82, 2.24) is 15.1 Å². The Morgan fingerprint density at radius 2 is 1.84 bits per heavy atom. The predicted octanol–water partition coefficient (Wildman–Crippen LogP) is 4.72. The van der Waals surface area contributed by atoms with E-state index in [1.807, 2.05) is 62.4 Å². The smallest absolute Gasteiger partial charge is 0.270 e. The maximum Gasteiger partial charge on any atom is 0.270 e. The summed E-state index contributed by atoms with van der Waals surface area (Å²) >= 11 is 5.98. The highest BCUT2D eigenvalue weighted by molar-refractivity contribution is 6.30. The molecule has 3 rings (SSSR count). The monoisotopic (exact) mass is 353 g/mol. The molecule has 3 aromatic rings. The summed E-state index contributed by atoms with van der Waals surface area (Å²) in [7, 11) is 0. The molecule has 0 aliphatic rings. The first-order valence-corrected chi connectivity index (χ1v) is 8.68. The molecule has 0 radical (unpaired) electrons. The Bertz CT molecular complexity index is 856. The first kappa shape index (κ1) is 17.2. The zero-order valence-electron chi connectivity index (χ0n) is 14.2. The summed E-state index contributed by atoms with van der Waals surface area (Å²) in [4.78, 5) is 12.7. The molecule has 0 fully saturated rings. The van der Waals surface area contributed by atoms with E-state index in [9.17, 15) is 4.79 Å². The number of amides is 1. The van der Waals surface area contributed by atoms with Gasteiger partial charge in [-0.1, -0.05) is 48.9 Å². The zero-order chi connectivity index (χ0) is 17.8. The lowest BCUT2D eigenvalue weighted by Gasteiger charge is -2.12. The molecule has 128 valence electrons. The molecule has 0 aliphatic carbocycles. The third-order valence-electron chi connectivity index (χ3n) is 4.07. The van der Waals surface area contributed by atoms with Crippen molar-refractivity contribution >= 4 is 17.5 Å². The topological polar surface area (TPSA) is 46.9 Å². The lowest BCUT2D eigenvalue weighted by Crippen LogP contribution is -2.33. The van der Waals surface area contributed by atoms with Crippen LogP contribution < -0.4 is 5.32 Å². The number of benzene rings is 2. The maximum atomic E-state index is 12.7. The third kappa shape index (κ3) is 3.91. The van der Waals surface area contributed by atoms with Crippen molar-refractivity contribution in [2.45, 2.75) is 26.3 Å². The van der Waals surface area contributed by atoms with Crippen LogP contribution in [0, 0.1) is 0 Å². The van der Waals surface area contributed by atoms with Crippen LogP contribution in [0.4, 0.5) is 0 Å². The molecule has 1 atom stereocenters. The van der Waals surface area contributed by atoms with Gasteiger partial charge in [0.1, 0.15) is 5.69 Å². The molecular formula is C20H20ClN3O. The fraction of sp³-hybridized carbons (Fsp3) is 0.200. The predicted molar refractivity (Wildman–Crippen MR) is 101 cm³/mol. The maximum absolute atomic E-state index is 12.7. The molecule has 25 heavy (non-hydrogen) atoms. The van der Waals surface area contributed by atoms with Crippen LogP contribution in [0.5, 0.6) is 0 Å². The second-order valence-corrected chi connectivity index (χ2v) is 6.39. The molecule has 4 nitrogen and oxygen atoms in total. The number of carbonyl (C=O) groups excluding carboxylic acids is 1. The molecule has 0 spiro atoms. The van der Waals surface area contributed by atoms with E-state index in [0.29, 0.717) is 10.7 Å². The highest BCUT2D eigenvalue weighted by atomic mass is 35.5. The normalized spacial score (nSPS) is 12.0. The van der Waals surface area contributed by atoms with Gasteiger partial charge in [-0.05, 0) is 43.7 Å². The van der Waals surface area contributed by atoms with E-state index in [1.54, 1.807) is 16.8 Å². The first-order valence-electron chi connectivity index (χ1n) is 8.30. The molecular weight excluding hydrogens is 334 g/mol. The first-order chi connectivity index (χ1) is 12.1. The Balaban J connectivity index is 2.06. The fourth-order valence-corrected chi connectivity index (χ4v) is 2.60. The van der Waals surface area contributed by atoms with Crippen LogP contribution in [-0.2, 0) is 0 Å². The van der Waals surface area contributed by atoms with E-state index in [-0.39, 0.29) is 11.9 Å². The Hall–Kier alpha value is -2.59. The van der Waals surface area contributed by atoms with Crippen LogP contribution in [-0.4, -0.2) is 21.7 Å². The Labute approximate surface area is 152 Å². The Kier molecular flexibility index (Phi) is 5.19. The number of halogens is 1. The van der Waals surface area contributed by atoms with Crippen molar-refractivity contribution in [2.24, 2.45) is 0 Å². The second kappa shape index (κ2) is 7.53. The second-order valence-electron chi connectivity index (χ2n) is 5.95. The van der Waals surface area contributed by atoms with Crippen molar-refractivity contribution in [1.29, 1.82) is 0 Å². The van der Waals surface area contributed by atoms with E-state index < -0.39 is 0 Å². The molecule has 1 unspecified atom stereocenters. The van der Waals surface area contributed by atoms with Gasteiger partial charge in [-0.3, -0.25) is 4.79 Å². The van der Waals surface area contributed by atoms with E-state index >= 15 is 0 Å². The van der Waals surface area contributed by atoms with Crippen molar-refractivity contribution < 1.29 is 4.79 Å².